The van der Waals surface area contributed by atoms with Crippen molar-refractivity contribution < 1.29 is 28.4 Å². The molecule has 3 N–H and O–H groups in total. The van der Waals surface area contributed by atoms with Gasteiger partial charge >= 0.3 is 17.1 Å². The Balaban J connectivity index is 1.39. The van der Waals surface area contributed by atoms with E-state index < -0.39 is 28.6 Å². The van der Waals surface area contributed by atoms with Crippen LogP contribution in [0.25, 0.3) is 11.7 Å². The van der Waals surface area contributed by atoms with Gasteiger partial charge < -0.3 is 20.1 Å². The number of H-pyrrole nitrogens is 1. The Morgan fingerprint density at radius 2 is 1.97 bits per heavy atom. The highest BCUT2D eigenvalue weighted by Gasteiger charge is 2.48. The summed E-state index contributed by atoms with van der Waals surface area (Å²) in [5, 5.41) is 16.5. The fourth-order valence-corrected chi connectivity index (χ4v) is 5.03. The van der Waals surface area contributed by atoms with Crippen LogP contribution < -0.4 is 15.4 Å². The summed E-state index contributed by atoms with van der Waals surface area (Å²) in [6, 6.07) is 0.105. The Labute approximate surface area is 194 Å². The number of aromatic amines is 1. The summed E-state index contributed by atoms with van der Waals surface area (Å²) in [7, 11) is 0. The minimum atomic E-state index is -1.51. The molecule has 2 aromatic heterocycles. The number of carbonyl (C=O) groups excluding carboxylic acids is 2. The van der Waals surface area contributed by atoms with E-state index >= 15 is 0 Å². The quantitative estimate of drug-likeness (QED) is 0.416. The van der Waals surface area contributed by atoms with Crippen molar-refractivity contribution in [2.45, 2.75) is 68.9 Å². The predicted octanol–water partition coefficient (Wildman–Crippen LogP) is 0.418. The van der Waals surface area contributed by atoms with E-state index in [9.17, 15) is 23.9 Å². The highest BCUT2D eigenvalue weighted by molar-refractivity contribution is 5.96. The molecule has 0 aromatic carbocycles. The van der Waals surface area contributed by atoms with Gasteiger partial charge in [0.1, 0.15) is 12.2 Å². The third kappa shape index (κ3) is 3.58. The van der Waals surface area contributed by atoms with Gasteiger partial charge in [-0.25, -0.2) is 14.3 Å². The molecule has 2 atom stereocenters. The molecule has 2 aliphatic heterocycles. The highest BCUT2D eigenvalue weighted by Crippen LogP contribution is 2.40. The van der Waals surface area contributed by atoms with Gasteiger partial charge in [0.15, 0.2) is 0 Å². The van der Waals surface area contributed by atoms with Crippen molar-refractivity contribution in [3.8, 4) is 5.88 Å². The van der Waals surface area contributed by atoms with Crippen molar-refractivity contribution in [1.82, 2.24) is 19.8 Å². The second kappa shape index (κ2) is 7.66. The standard InChI is InChI=1S/C23H26FN5O5/c24-23(7-8-23)12-27-20-13(1-6-17(30)28-15-4-5-16(28)11-34-10-15)9-25-29(20)22(33)18(21(27)32)19(31)26-14-2-3-14/h1,6,9,14-16H,2-5,7-8,10-12H2,(H2,26,31,32,33)/p+1/b6-1+. The van der Waals surface area contributed by atoms with E-state index in [-0.39, 0.29) is 36.2 Å². The molecule has 2 unspecified atom stereocenters. The third-order valence-electron chi connectivity index (χ3n) is 7.25. The Bertz CT molecular complexity index is 1260. The van der Waals surface area contributed by atoms with Gasteiger partial charge in [-0.05, 0) is 44.6 Å². The van der Waals surface area contributed by atoms with Gasteiger partial charge in [0, 0.05) is 12.1 Å². The third-order valence-corrected chi connectivity index (χ3v) is 7.25. The summed E-state index contributed by atoms with van der Waals surface area (Å²) in [5.74, 6) is -1.40. The van der Waals surface area contributed by atoms with Crippen LogP contribution in [0.1, 0.15) is 54.4 Å². The molecule has 34 heavy (non-hydrogen) atoms. The van der Waals surface area contributed by atoms with Gasteiger partial charge in [0.25, 0.3) is 5.91 Å². The van der Waals surface area contributed by atoms with Gasteiger partial charge in [0.2, 0.25) is 11.5 Å². The van der Waals surface area contributed by atoms with Crippen LogP contribution in [0.3, 0.4) is 0 Å². The van der Waals surface area contributed by atoms with Gasteiger partial charge in [-0.3, -0.25) is 9.59 Å². The van der Waals surface area contributed by atoms with Crippen LogP contribution in [0.15, 0.2) is 17.1 Å². The zero-order valence-electron chi connectivity index (χ0n) is 18.6. The minimum Gasteiger partial charge on any atom is -0.477 e. The second-order valence-corrected chi connectivity index (χ2v) is 9.88. The maximum atomic E-state index is 14.8. The lowest BCUT2D eigenvalue weighted by Gasteiger charge is -2.33. The largest absolute Gasteiger partial charge is 0.477 e. The van der Waals surface area contributed by atoms with E-state index in [0.717, 1.165) is 30.2 Å². The fourth-order valence-electron chi connectivity index (χ4n) is 5.03. The van der Waals surface area contributed by atoms with E-state index in [2.05, 4.69) is 10.4 Å². The number of ether oxygens (including phenoxy) is 1. The van der Waals surface area contributed by atoms with Gasteiger partial charge in [-0.15, -0.1) is 0 Å². The number of nitrogens with zero attached hydrogens (tertiary/aromatic N) is 3. The molecule has 11 heteroatoms. The molecule has 0 spiro atoms. The van der Waals surface area contributed by atoms with Crippen LogP contribution in [0.5, 0.6) is 5.88 Å². The monoisotopic (exact) mass is 472 g/mol. The number of alkyl halides is 1. The lowest BCUT2D eigenvalue weighted by atomic mass is 10.2. The Morgan fingerprint density at radius 1 is 1.26 bits per heavy atom. The molecule has 6 rings (SSSR count). The molecule has 2 bridgehead atoms. The molecule has 4 fully saturated rings. The molecule has 4 heterocycles. The number of halogens is 1. The molecule has 2 aromatic rings. The van der Waals surface area contributed by atoms with Crippen molar-refractivity contribution in [3.63, 3.8) is 0 Å². The van der Waals surface area contributed by atoms with Crippen LogP contribution in [0.2, 0.25) is 0 Å². The highest BCUT2D eigenvalue weighted by atomic mass is 19.1. The molecule has 0 radical (unpaired) electrons. The van der Waals surface area contributed by atoms with Gasteiger partial charge in [0.05, 0.1) is 37.1 Å². The maximum Gasteiger partial charge on any atom is 0.378 e. The average molecular weight is 472 g/mol. The van der Waals surface area contributed by atoms with Gasteiger partial charge in [-0.1, -0.05) is 4.52 Å². The van der Waals surface area contributed by atoms with E-state index in [1.807, 2.05) is 4.90 Å². The lowest BCUT2D eigenvalue weighted by Crippen LogP contribution is -2.48. The van der Waals surface area contributed by atoms with Crippen LogP contribution >= 0.6 is 0 Å². The number of carbonyl (C=O) groups is 2. The van der Waals surface area contributed by atoms with Crippen molar-refractivity contribution in [1.29, 1.82) is 0 Å². The normalized spacial score (nSPS) is 25.3. The van der Waals surface area contributed by atoms with Crippen molar-refractivity contribution >= 4 is 23.5 Å². The first-order valence-electron chi connectivity index (χ1n) is 11.8. The Kier molecular flexibility index (Phi) is 4.80. The molecule has 10 nitrogen and oxygen atoms in total. The molecular formula is C23H27FN5O5+. The van der Waals surface area contributed by atoms with Crippen LogP contribution in [0.4, 0.5) is 4.39 Å². The first kappa shape index (κ1) is 21.3. The Morgan fingerprint density at radius 3 is 2.62 bits per heavy atom. The Hall–Kier alpha value is -3.21. The molecule has 2 saturated carbocycles. The number of amides is 2. The van der Waals surface area contributed by atoms with Crippen molar-refractivity contribution in [2.75, 3.05) is 13.2 Å². The summed E-state index contributed by atoms with van der Waals surface area (Å²) in [6.45, 7) is 0.847. The average Bonchev–Trinajstić information content (AvgIpc) is 3.70. The summed E-state index contributed by atoms with van der Waals surface area (Å²) in [6.07, 6.45) is 8.62. The summed E-state index contributed by atoms with van der Waals surface area (Å²) >= 11 is 0. The molecule has 4 aliphatic rings. The molecule has 2 aliphatic carbocycles. The van der Waals surface area contributed by atoms with E-state index in [4.69, 9.17) is 4.74 Å². The number of hydrogen-bond donors (Lipinski definition) is 3. The number of rotatable bonds is 6. The lowest BCUT2D eigenvalue weighted by molar-refractivity contribution is -0.688. The number of fused-ring (bicyclic) bond motifs is 3. The summed E-state index contributed by atoms with van der Waals surface area (Å²) in [5.41, 5.74) is -2.04. The molecule has 2 amide bonds. The molecule has 2 saturated heterocycles. The van der Waals surface area contributed by atoms with E-state index in [0.29, 0.717) is 31.6 Å². The molecule has 180 valence electrons. The van der Waals surface area contributed by atoms with Crippen molar-refractivity contribution in [3.05, 3.63) is 33.8 Å². The number of aromatic nitrogens is 3. The SMILES string of the molecule is O=C(NC1CC1)c1c(O)[n+](CC2(F)CC2)c2c(/C=C/C(=O)N3C4CCC3COC4)c[nH]n2c1=O. The number of morpholine rings is 1. The zero-order chi connectivity index (χ0) is 23.6. The zero-order valence-corrected chi connectivity index (χ0v) is 18.6. The fraction of sp³-hybridized carbons (Fsp3) is 0.565. The number of aromatic hydroxyl groups is 1. The second-order valence-electron chi connectivity index (χ2n) is 9.88. The minimum absolute atomic E-state index is 0.0139. The number of hydrogen-bond acceptors (Lipinski definition) is 5. The first-order valence-corrected chi connectivity index (χ1v) is 11.8. The van der Waals surface area contributed by atoms with Crippen LogP contribution in [-0.4, -0.2) is 68.4 Å². The van der Waals surface area contributed by atoms with Crippen LogP contribution in [-0.2, 0) is 16.1 Å². The van der Waals surface area contributed by atoms with Crippen molar-refractivity contribution in [2.24, 2.45) is 0 Å². The summed E-state index contributed by atoms with van der Waals surface area (Å²) < 4.78 is 22.7. The van der Waals surface area contributed by atoms with Gasteiger partial charge in [-0.2, -0.15) is 4.57 Å². The number of nitrogens with one attached hydrogen (secondary N) is 2. The maximum absolute atomic E-state index is 14.8. The topological polar surface area (TPSA) is 120 Å². The van der Waals surface area contributed by atoms with E-state index in [1.165, 1.54) is 16.8 Å². The predicted molar refractivity (Wildman–Crippen MR) is 117 cm³/mol. The summed E-state index contributed by atoms with van der Waals surface area (Å²) in [4.78, 5) is 40.6. The van der Waals surface area contributed by atoms with Crippen LogP contribution in [0, 0.1) is 0 Å². The first-order chi connectivity index (χ1) is 16.3. The molecular weight excluding hydrogens is 445 g/mol. The van der Waals surface area contributed by atoms with E-state index in [1.54, 1.807) is 6.08 Å². The smallest absolute Gasteiger partial charge is 0.378 e.